The van der Waals surface area contributed by atoms with Gasteiger partial charge in [-0.3, -0.25) is 0 Å². The van der Waals surface area contributed by atoms with Crippen LogP contribution in [0.1, 0.15) is 11.1 Å². The number of esters is 1. The van der Waals surface area contributed by atoms with Gasteiger partial charge in [-0.15, -0.1) is 0 Å². The van der Waals surface area contributed by atoms with Gasteiger partial charge in [0.05, 0.1) is 21.3 Å². The molecule has 0 heterocycles. The molecular weight excluding hydrogens is 334 g/mol. The molecule has 0 radical (unpaired) electrons. The highest BCUT2D eigenvalue weighted by Gasteiger charge is 2.15. The summed E-state index contributed by atoms with van der Waals surface area (Å²) in [5.74, 6) is 0.653. The molecule has 6 heteroatoms. The number of hydrogen-bond acceptors (Lipinski definition) is 6. The van der Waals surface area contributed by atoms with Gasteiger partial charge in [-0.25, -0.2) is 4.79 Å². The third-order valence-corrected chi connectivity index (χ3v) is 3.59. The van der Waals surface area contributed by atoms with Crippen molar-refractivity contribution in [2.45, 2.75) is 6.61 Å². The van der Waals surface area contributed by atoms with E-state index >= 15 is 0 Å². The zero-order chi connectivity index (χ0) is 18.9. The molecule has 0 aliphatic heterocycles. The van der Waals surface area contributed by atoms with Crippen molar-refractivity contribution < 1.29 is 23.7 Å². The van der Waals surface area contributed by atoms with Crippen molar-refractivity contribution in [2.24, 2.45) is 0 Å². The van der Waals surface area contributed by atoms with Crippen LogP contribution in [0.5, 0.6) is 17.2 Å². The Labute approximate surface area is 152 Å². The third-order valence-electron chi connectivity index (χ3n) is 3.59. The predicted octanol–water partition coefficient (Wildman–Crippen LogP) is 3.36. The zero-order valence-electron chi connectivity index (χ0n) is 14.8. The molecule has 0 aliphatic rings. The van der Waals surface area contributed by atoms with Crippen LogP contribution in [-0.2, 0) is 16.1 Å². The van der Waals surface area contributed by atoms with Crippen molar-refractivity contribution in [3.8, 4) is 23.3 Å². The molecule has 26 heavy (non-hydrogen) atoms. The highest BCUT2D eigenvalue weighted by molar-refractivity contribution is 5.98. The van der Waals surface area contributed by atoms with Gasteiger partial charge in [0, 0.05) is 11.6 Å². The fourth-order valence-electron chi connectivity index (χ4n) is 2.26. The van der Waals surface area contributed by atoms with Crippen LogP contribution in [-0.4, -0.2) is 27.3 Å². The molecule has 0 amide bonds. The number of nitriles is 1. The molecule has 0 atom stereocenters. The van der Waals surface area contributed by atoms with Crippen molar-refractivity contribution in [2.75, 3.05) is 21.3 Å². The molecular formula is C20H19NO5. The molecule has 6 nitrogen and oxygen atoms in total. The van der Waals surface area contributed by atoms with E-state index in [1.165, 1.54) is 27.4 Å². The van der Waals surface area contributed by atoms with Gasteiger partial charge in [-0.1, -0.05) is 30.3 Å². The van der Waals surface area contributed by atoms with E-state index in [0.29, 0.717) is 22.8 Å². The second kappa shape index (κ2) is 9.14. The van der Waals surface area contributed by atoms with Crippen LogP contribution < -0.4 is 14.2 Å². The van der Waals surface area contributed by atoms with Crippen molar-refractivity contribution in [3.63, 3.8) is 0 Å². The molecule has 0 saturated heterocycles. The topological polar surface area (TPSA) is 77.8 Å². The first-order valence-corrected chi connectivity index (χ1v) is 7.75. The number of nitrogens with zero attached hydrogens (tertiary/aromatic N) is 1. The monoisotopic (exact) mass is 353 g/mol. The maximum Gasteiger partial charge on any atom is 0.349 e. The van der Waals surface area contributed by atoms with Crippen LogP contribution >= 0.6 is 0 Å². The van der Waals surface area contributed by atoms with Crippen LogP contribution in [0.2, 0.25) is 0 Å². The van der Waals surface area contributed by atoms with Crippen molar-refractivity contribution in [1.82, 2.24) is 0 Å². The number of methoxy groups -OCH3 is 3. The highest BCUT2D eigenvalue weighted by Crippen LogP contribution is 2.35. The second-order valence-electron chi connectivity index (χ2n) is 5.18. The van der Waals surface area contributed by atoms with Crippen molar-refractivity contribution >= 4 is 12.0 Å². The minimum Gasteiger partial charge on any atom is -0.496 e. The number of hydrogen-bond donors (Lipinski definition) is 0. The Morgan fingerprint density at radius 2 is 1.62 bits per heavy atom. The summed E-state index contributed by atoms with van der Waals surface area (Å²) in [5, 5.41) is 9.33. The largest absolute Gasteiger partial charge is 0.496 e. The molecule has 2 aromatic rings. The molecule has 0 aliphatic carbocycles. The Kier molecular flexibility index (Phi) is 6.63. The number of benzene rings is 2. The molecule has 2 rings (SSSR count). The molecule has 0 N–H and O–H groups in total. The van der Waals surface area contributed by atoms with Crippen molar-refractivity contribution in [1.29, 1.82) is 5.26 Å². The Morgan fingerprint density at radius 3 is 2.19 bits per heavy atom. The lowest BCUT2D eigenvalue weighted by atomic mass is 10.1. The minimum absolute atomic E-state index is 0.0851. The molecule has 0 spiro atoms. The van der Waals surface area contributed by atoms with E-state index in [0.717, 1.165) is 5.56 Å². The number of carbonyl (C=O) groups is 1. The first kappa shape index (κ1) is 18.9. The molecule has 2 aromatic carbocycles. The molecule has 134 valence electrons. The maximum absolute atomic E-state index is 12.2. The predicted molar refractivity (Wildman–Crippen MR) is 95.9 cm³/mol. The third kappa shape index (κ3) is 4.54. The molecule has 0 fully saturated rings. The SMILES string of the molecule is COc1cc(OC)c(OC)cc1/C=C(/C#N)C(=O)OCc1ccccc1. The smallest absolute Gasteiger partial charge is 0.349 e. The molecule has 0 saturated carbocycles. The molecule has 0 aromatic heterocycles. The average molecular weight is 353 g/mol. The van der Waals surface area contributed by atoms with Crippen LogP contribution in [0, 0.1) is 11.3 Å². The highest BCUT2D eigenvalue weighted by atomic mass is 16.5. The molecule has 0 unspecified atom stereocenters. The maximum atomic E-state index is 12.2. The van der Waals surface area contributed by atoms with Gasteiger partial charge >= 0.3 is 5.97 Å². The normalized spacial score (nSPS) is 10.6. The zero-order valence-corrected chi connectivity index (χ0v) is 14.8. The van der Waals surface area contributed by atoms with Gasteiger partial charge in [0.15, 0.2) is 11.5 Å². The summed E-state index contributed by atoms with van der Waals surface area (Å²) in [6.45, 7) is 0.0851. The van der Waals surface area contributed by atoms with E-state index in [1.54, 1.807) is 12.1 Å². The standard InChI is InChI=1S/C20H19NO5/c1-23-17-11-19(25-3)18(24-2)10-15(17)9-16(12-21)20(22)26-13-14-7-5-4-6-8-14/h4-11H,13H2,1-3H3/b16-9-. The second-order valence-corrected chi connectivity index (χ2v) is 5.18. The molecule has 0 bridgehead atoms. The lowest BCUT2D eigenvalue weighted by Gasteiger charge is -2.12. The fraction of sp³-hybridized carbons (Fsp3) is 0.200. The summed E-state index contributed by atoms with van der Waals surface area (Å²) in [6.07, 6.45) is 1.40. The summed E-state index contributed by atoms with van der Waals surface area (Å²) in [4.78, 5) is 12.2. The Balaban J connectivity index is 2.27. The van der Waals surface area contributed by atoms with Crippen LogP contribution in [0.15, 0.2) is 48.0 Å². The fourth-order valence-corrected chi connectivity index (χ4v) is 2.26. The Morgan fingerprint density at radius 1 is 1.00 bits per heavy atom. The minimum atomic E-state index is -0.715. The van der Waals surface area contributed by atoms with E-state index in [-0.39, 0.29) is 12.2 Å². The van der Waals surface area contributed by atoms with Crippen LogP contribution in [0.25, 0.3) is 6.08 Å². The van der Waals surface area contributed by atoms with Gasteiger partial charge in [-0.05, 0) is 17.7 Å². The van der Waals surface area contributed by atoms with E-state index in [4.69, 9.17) is 18.9 Å². The Hall–Kier alpha value is -3.46. The van der Waals surface area contributed by atoms with Gasteiger partial charge in [0.2, 0.25) is 0 Å². The van der Waals surface area contributed by atoms with Gasteiger partial charge in [0.25, 0.3) is 0 Å². The van der Waals surface area contributed by atoms with E-state index in [1.807, 2.05) is 36.4 Å². The van der Waals surface area contributed by atoms with E-state index in [2.05, 4.69) is 0 Å². The summed E-state index contributed by atoms with van der Waals surface area (Å²) in [6, 6.07) is 14.3. The number of ether oxygens (including phenoxy) is 4. The first-order chi connectivity index (χ1) is 12.6. The van der Waals surface area contributed by atoms with Gasteiger partial charge in [0.1, 0.15) is 24.0 Å². The first-order valence-electron chi connectivity index (χ1n) is 7.75. The van der Waals surface area contributed by atoms with E-state index < -0.39 is 5.97 Å². The lowest BCUT2D eigenvalue weighted by Crippen LogP contribution is -2.07. The summed E-state index contributed by atoms with van der Waals surface area (Å²) >= 11 is 0. The average Bonchev–Trinajstić information content (AvgIpc) is 2.70. The lowest BCUT2D eigenvalue weighted by molar-refractivity contribution is -0.139. The summed E-state index contributed by atoms with van der Waals surface area (Å²) in [5.41, 5.74) is 1.19. The number of carbonyl (C=O) groups excluding carboxylic acids is 1. The number of rotatable bonds is 7. The van der Waals surface area contributed by atoms with Crippen LogP contribution in [0.4, 0.5) is 0 Å². The summed E-state index contributed by atoms with van der Waals surface area (Å²) < 4.78 is 21.0. The van der Waals surface area contributed by atoms with Gasteiger partial charge in [-0.2, -0.15) is 5.26 Å². The van der Waals surface area contributed by atoms with E-state index in [9.17, 15) is 10.1 Å². The summed E-state index contributed by atoms with van der Waals surface area (Å²) in [7, 11) is 4.49. The van der Waals surface area contributed by atoms with Crippen molar-refractivity contribution in [3.05, 3.63) is 59.2 Å². The van der Waals surface area contributed by atoms with Crippen LogP contribution in [0.3, 0.4) is 0 Å². The van der Waals surface area contributed by atoms with Gasteiger partial charge < -0.3 is 18.9 Å². The Bertz CT molecular complexity index is 837. The quantitative estimate of drug-likeness (QED) is 0.431.